The molecule has 0 bridgehead atoms. The number of hydrogen-bond donors (Lipinski definition) is 0. The van der Waals surface area contributed by atoms with Gasteiger partial charge in [0.25, 0.3) is 0 Å². The summed E-state index contributed by atoms with van der Waals surface area (Å²) in [4.78, 5) is 4.19. The average Bonchev–Trinajstić information content (AvgIpc) is 2.98. The number of rotatable bonds is 6. The summed E-state index contributed by atoms with van der Waals surface area (Å²) in [6.45, 7) is 7.22. The summed E-state index contributed by atoms with van der Waals surface area (Å²) in [5.74, 6) is -3.40. The van der Waals surface area contributed by atoms with E-state index >= 15 is 0 Å². The minimum Gasteiger partial charge on any atom is -0.370 e. The van der Waals surface area contributed by atoms with E-state index in [1.165, 1.54) is 17.7 Å². The highest BCUT2D eigenvalue weighted by Gasteiger charge is 2.26. The van der Waals surface area contributed by atoms with Crippen molar-refractivity contribution in [2.24, 2.45) is 0 Å². The molecule has 1 aromatic carbocycles. The number of anilines is 1. The first-order chi connectivity index (χ1) is 12.9. The Bertz CT molecular complexity index is 853. The molecule has 0 spiro atoms. The molecule has 0 amide bonds. The van der Waals surface area contributed by atoms with E-state index in [2.05, 4.69) is 28.0 Å². The smallest absolute Gasteiger partial charge is 0.341 e. The summed E-state index contributed by atoms with van der Waals surface area (Å²) < 4.78 is 50.3. The van der Waals surface area contributed by atoms with Gasteiger partial charge in [-0.3, -0.25) is 9.58 Å². The lowest BCUT2D eigenvalue weighted by atomic mass is 10.2. The van der Waals surface area contributed by atoms with E-state index in [1.54, 1.807) is 12.1 Å². The highest BCUT2D eigenvalue weighted by Crippen LogP contribution is 2.23. The topological polar surface area (TPSA) is 58.4 Å². The SMILES string of the molecule is CCn1cc(CN2CCCN(c3ccc(S(=O)(=O)C(F)F)cc3)CC2)cn1. The molecule has 27 heavy (non-hydrogen) atoms. The zero-order chi connectivity index (χ0) is 19.4. The van der Waals surface area contributed by atoms with Crippen molar-refractivity contribution in [3.05, 3.63) is 42.2 Å². The molecule has 1 aliphatic rings. The Kier molecular flexibility index (Phi) is 6.11. The number of aromatic nitrogens is 2. The molecule has 6 nitrogen and oxygen atoms in total. The van der Waals surface area contributed by atoms with Crippen LogP contribution in [0.3, 0.4) is 0 Å². The van der Waals surface area contributed by atoms with E-state index in [9.17, 15) is 17.2 Å². The average molecular weight is 398 g/mol. The van der Waals surface area contributed by atoms with E-state index in [4.69, 9.17) is 0 Å². The van der Waals surface area contributed by atoms with Gasteiger partial charge in [0, 0.05) is 56.7 Å². The van der Waals surface area contributed by atoms with Crippen LogP contribution in [-0.2, 0) is 22.9 Å². The van der Waals surface area contributed by atoms with Gasteiger partial charge in [-0.2, -0.15) is 13.9 Å². The molecule has 2 aromatic rings. The number of benzene rings is 1. The summed E-state index contributed by atoms with van der Waals surface area (Å²) in [5, 5.41) is 4.30. The summed E-state index contributed by atoms with van der Waals surface area (Å²) in [7, 11) is -4.54. The number of nitrogens with zero attached hydrogens (tertiary/aromatic N) is 4. The summed E-state index contributed by atoms with van der Waals surface area (Å²) >= 11 is 0. The van der Waals surface area contributed by atoms with Gasteiger partial charge in [-0.25, -0.2) is 8.42 Å². The van der Waals surface area contributed by atoms with E-state index in [0.29, 0.717) is 0 Å². The number of aryl methyl sites for hydroxylation is 1. The first-order valence-electron chi connectivity index (χ1n) is 9.01. The minimum absolute atomic E-state index is 0.342. The van der Waals surface area contributed by atoms with Crippen molar-refractivity contribution in [3.8, 4) is 0 Å². The monoisotopic (exact) mass is 398 g/mol. The predicted octanol–water partition coefficient (Wildman–Crippen LogP) is 2.61. The lowest BCUT2D eigenvalue weighted by molar-refractivity contribution is 0.234. The fourth-order valence-corrected chi connectivity index (χ4v) is 3.98. The molecule has 0 unspecified atom stereocenters. The quantitative estimate of drug-likeness (QED) is 0.749. The van der Waals surface area contributed by atoms with E-state index < -0.39 is 15.6 Å². The molecule has 0 N–H and O–H groups in total. The molecule has 148 valence electrons. The number of alkyl halides is 2. The standard InChI is InChI=1S/C18H24F2N4O2S/c1-2-24-14-15(12-21-24)13-22-8-3-9-23(11-10-22)16-4-6-17(7-5-16)27(25,26)18(19)20/h4-7,12,14,18H,2-3,8-11,13H2,1H3. The molecule has 0 radical (unpaired) electrons. The van der Waals surface area contributed by atoms with Crippen molar-refractivity contribution < 1.29 is 17.2 Å². The number of sulfone groups is 1. The van der Waals surface area contributed by atoms with Crippen molar-refractivity contribution in [2.45, 2.75) is 37.1 Å². The fraction of sp³-hybridized carbons (Fsp3) is 0.500. The molecule has 9 heteroatoms. The maximum atomic E-state index is 12.6. The van der Waals surface area contributed by atoms with Crippen molar-refractivity contribution in [3.63, 3.8) is 0 Å². The molecule has 1 fully saturated rings. The van der Waals surface area contributed by atoms with Crippen LogP contribution in [-0.4, -0.2) is 55.0 Å². The lowest BCUT2D eigenvalue weighted by Crippen LogP contribution is -2.30. The Balaban J connectivity index is 1.62. The van der Waals surface area contributed by atoms with E-state index in [-0.39, 0.29) is 4.90 Å². The summed E-state index contributed by atoms with van der Waals surface area (Å²) in [6, 6.07) is 5.74. The fourth-order valence-electron chi connectivity index (χ4n) is 3.26. The highest BCUT2D eigenvalue weighted by atomic mass is 32.2. The maximum absolute atomic E-state index is 12.6. The molecule has 1 saturated heterocycles. The molecule has 0 aliphatic carbocycles. The Labute approximate surface area is 158 Å². The third kappa shape index (κ3) is 4.65. The van der Waals surface area contributed by atoms with Gasteiger partial charge < -0.3 is 4.90 Å². The Morgan fingerprint density at radius 2 is 1.85 bits per heavy atom. The molecule has 2 heterocycles. The first kappa shape index (κ1) is 19.8. The Morgan fingerprint density at radius 1 is 1.11 bits per heavy atom. The van der Waals surface area contributed by atoms with E-state index in [1.807, 2.05) is 10.9 Å². The van der Waals surface area contributed by atoms with Gasteiger partial charge in [0.15, 0.2) is 0 Å². The number of hydrogen-bond acceptors (Lipinski definition) is 5. The molecular weight excluding hydrogens is 374 g/mol. The van der Waals surface area contributed by atoms with Gasteiger partial charge in [0.05, 0.1) is 11.1 Å². The summed E-state index contributed by atoms with van der Waals surface area (Å²) in [6.07, 6.45) is 4.93. The Hall–Kier alpha value is -2.00. The third-order valence-corrected chi connectivity index (χ3v) is 6.17. The van der Waals surface area contributed by atoms with Crippen LogP contribution in [0.2, 0.25) is 0 Å². The molecular formula is C18H24F2N4O2S. The van der Waals surface area contributed by atoms with Gasteiger partial charge in [0.2, 0.25) is 9.84 Å². The van der Waals surface area contributed by atoms with E-state index in [0.717, 1.165) is 51.4 Å². The molecule has 1 aliphatic heterocycles. The lowest BCUT2D eigenvalue weighted by Gasteiger charge is -2.23. The van der Waals surface area contributed by atoms with Crippen LogP contribution < -0.4 is 4.90 Å². The van der Waals surface area contributed by atoms with Gasteiger partial charge in [-0.15, -0.1) is 0 Å². The maximum Gasteiger partial charge on any atom is 0.341 e. The van der Waals surface area contributed by atoms with Crippen LogP contribution in [0.1, 0.15) is 18.9 Å². The molecule has 0 saturated carbocycles. The van der Waals surface area contributed by atoms with Gasteiger partial charge in [-0.1, -0.05) is 0 Å². The minimum atomic E-state index is -4.54. The Morgan fingerprint density at radius 3 is 2.48 bits per heavy atom. The largest absolute Gasteiger partial charge is 0.370 e. The normalized spacial score (nSPS) is 16.7. The molecule has 3 rings (SSSR count). The van der Waals surface area contributed by atoms with Crippen molar-refractivity contribution in [1.82, 2.24) is 14.7 Å². The van der Waals surface area contributed by atoms with Crippen LogP contribution in [0.5, 0.6) is 0 Å². The van der Waals surface area contributed by atoms with Crippen LogP contribution in [0.25, 0.3) is 0 Å². The van der Waals surface area contributed by atoms with Crippen LogP contribution in [0.15, 0.2) is 41.6 Å². The van der Waals surface area contributed by atoms with Crippen LogP contribution >= 0.6 is 0 Å². The molecule has 0 atom stereocenters. The second-order valence-corrected chi connectivity index (χ2v) is 8.54. The van der Waals surface area contributed by atoms with Gasteiger partial charge in [-0.05, 0) is 37.6 Å². The molecule has 1 aromatic heterocycles. The third-order valence-electron chi connectivity index (χ3n) is 4.77. The van der Waals surface area contributed by atoms with Crippen molar-refractivity contribution in [2.75, 3.05) is 31.1 Å². The number of halogens is 2. The summed E-state index contributed by atoms with van der Waals surface area (Å²) in [5.41, 5.74) is 2.04. The van der Waals surface area contributed by atoms with Crippen LogP contribution in [0.4, 0.5) is 14.5 Å². The van der Waals surface area contributed by atoms with Crippen molar-refractivity contribution >= 4 is 15.5 Å². The van der Waals surface area contributed by atoms with Gasteiger partial charge in [0.1, 0.15) is 0 Å². The van der Waals surface area contributed by atoms with Crippen LogP contribution in [0, 0.1) is 0 Å². The zero-order valence-electron chi connectivity index (χ0n) is 15.3. The van der Waals surface area contributed by atoms with Gasteiger partial charge >= 0.3 is 5.76 Å². The van der Waals surface area contributed by atoms with Crippen molar-refractivity contribution in [1.29, 1.82) is 0 Å². The second kappa shape index (κ2) is 8.35. The first-order valence-corrected chi connectivity index (χ1v) is 10.6. The zero-order valence-corrected chi connectivity index (χ0v) is 16.1. The predicted molar refractivity (Wildman–Crippen MR) is 99.6 cm³/mol. The second-order valence-electron chi connectivity index (χ2n) is 6.62. The highest BCUT2D eigenvalue weighted by molar-refractivity contribution is 7.91.